The van der Waals surface area contributed by atoms with Crippen molar-refractivity contribution in [1.29, 1.82) is 0 Å². The minimum atomic E-state index is -3.90. The molecule has 1 heterocycles. The van der Waals surface area contributed by atoms with Crippen LogP contribution in [-0.2, 0) is 14.8 Å². The number of hydrogen-bond acceptors (Lipinski definition) is 5. The summed E-state index contributed by atoms with van der Waals surface area (Å²) >= 11 is 0. The molecule has 124 valence electrons. The molecule has 0 saturated heterocycles. The fraction of sp³-hybridized carbons (Fsp3) is 0.357. The fourth-order valence-corrected chi connectivity index (χ4v) is 3.24. The van der Waals surface area contributed by atoms with E-state index in [0.717, 1.165) is 6.42 Å². The van der Waals surface area contributed by atoms with E-state index in [-0.39, 0.29) is 11.3 Å². The van der Waals surface area contributed by atoms with Gasteiger partial charge in [-0.1, -0.05) is 25.0 Å². The quantitative estimate of drug-likeness (QED) is 0.747. The highest BCUT2D eigenvalue weighted by Gasteiger charge is 2.24. The Labute approximate surface area is 134 Å². The van der Waals surface area contributed by atoms with Crippen molar-refractivity contribution in [2.75, 3.05) is 0 Å². The first-order valence-corrected chi connectivity index (χ1v) is 8.64. The molecule has 23 heavy (non-hydrogen) atoms. The van der Waals surface area contributed by atoms with Crippen LogP contribution in [0.15, 0.2) is 41.6 Å². The van der Waals surface area contributed by atoms with Crippen molar-refractivity contribution in [2.45, 2.75) is 37.1 Å². The van der Waals surface area contributed by atoms with Gasteiger partial charge < -0.3 is 5.11 Å². The molecule has 9 heteroatoms. The molecule has 2 N–H and O–H groups in total. The van der Waals surface area contributed by atoms with Crippen molar-refractivity contribution >= 4 is 16.0 Å². The van der Waals surface area contributed by atoms with Gasteiger partial charge in [0.05, 0.1) is 23.0 Å². The normalized spacial score (nSPS) is 12.9. The predicted octanol–water partition coefficient (Wildman–Crippen LogP) is 1.19. The van der Waals surface area contributed by atoms with Crippen molar-refractivity contribution in [1.82, 2.24) is 19.7 Å². The Kier molecular flexibility index (Phi) is 5.45. The summed E-state index contributed by atoms with van der Waals surface area (Å²) < 4.78 is 28.3. The molecule has 0 radical (unpaired) electrons. The Hall–Kier alpha value is -2.26. The summed E-state index contributed by atoms with van der Waals surface area (Å²) in [6.45, 7) is 1.91. The summed E-state index contributed by atoms with van der Waals surface area (Å²) in [6, 6.07) is 4.82. The number of benzene rings is 1. The third-order valence-electron chi connectivity index (χ3n) is 3.28. The van der Waals surface area contributed by atoms with Gasteiger partial charge in [0.2, 0.25) is 10.0 Å². The fourth-order valence-electron chi connectivity index (χ4n) is 2.02. The number of aromatic nitrogens is 3. The zero-order valence-corrected chi connectivity index (χ0v) is 13.4. The van der Waals surface area contributed by atoms with Crippen LogP contribution in [0.2, 0.25) is 0 Å². The number of carboxylic acids is 1. The van der Waals surface area contributed by atoms with Gasteiger partial charge in [0.25, 0.3) is 0 Å². The van der Waals surface area contributed by atoms with Gasteiger partial charge in [0, 0.05) is 0 Å². The minimum Gasteiger partial charge on any atom is -0.480 e. The van der Waals surface area contributed by atoms with Gasteiger partial charge in [-0.3, -0.25) is 4.79 Å². The van der Waals surface area contributed by atoms with E-state index in [0.29, 0.717) is 12.1 Å². The maximum absolute atomic E-state index is 12.3. The molecule has 1 unspecified atom stereocenters. The third kappa shape index (κ3) is 4.36. The lowest BCUT2D eigenvalue weighted by Crippen LogP contribution is -2.40. The van der Waals surface area contributed by atoms with Crippen molar-refractivity contribution in [3.8, 4) is 5.69 Å². The number of aliphatic carboxylic acids is 1. The Morgan fingerprint density at radius 2 is 2.04 bits per heavy atom. The molecule has 8 nitrogen and oxygen atoms in total. The number of carbonyl (C=O) groups is 1. The molecule has 0 aliphatic rings. The summed E-state index contributed by atoms with van der Waals surface area (Å²) in [4.78, 5) is 11.2. The highest BCUT2D eigenvalue weighted by Crippen LogP contribution is 2.14. The van der Waals surface area contributed by atoms with Gasteiger partial charge in [-0.05, 0) is 30.7 Å². The monoisotopic (exact) mass is 338 g/mol. The van der Waals surface area contributed by atoms with E-state index in [1.807, 2.05) is 6.92 Å². The highest BCUT2D eigenvalue weighted by molar-refractivity contribution is 7.89. The number of nitrogens with one attached hydrogen (secondary N) is 1. The number of unbranched alkanes of at least 4 members (excludes halogenated alkanes) is 1. The van der Waals surface area contributed by atoms with Gasteiger partial charge in [0.1, 0.15) is 6.04 Å². The van der Waals surface area contributed by atoms with Crippen LogP contribution in [0.4, 0.5) is 0 Å². The summed E-state index contributed by atoms with van der Waals surface area (Å²) in [5, 5.41) is 16.6. The first kappa shape index (κ1) is 17.1. The molecule has 0 aliphatic heterocycles. The average Bonchev–Trinajstić information content (AvgIpc) is 3.05. The lowest BCUT2D eigenvalue weighted by atomic mass is 10.1. The van der Waals surface area contributed by atoms with Crippen LogP contribution in [0.5, 0.6) is 0 Å². The van der Waals surface area contributed by atoms with Crippen molar-refractivity contribution in [2.24, 2.45) is 0 Å². The van der Waals surface area contributed by atoms with E-state index in [1.165, 1.54) is 23.0 Å². The lowest BCUT2D eigenvalue weighted by Gasteiger charge is -2.14. The zero-order valence-electron chi connectivity index (χ0n) is 12.6. The minimum absolute atomic E-state index is 0.00381. The topological polar surface area (TPSA) is 114 Å². The summed E-state index contributed by atoms with van der Waals surface area (Å²) in [7, 11) is -3.90. The largest absolute Gasteiger partial charge is 0.480 e. The molecule has 0 bridgehead atoms. The third-order valence-corrected chi connectivity index (χ3v) is 4.76. The van der Waals surface area contributed by atoms with Crippen LogP contribution < -0.4 is 4.72 Å². The molecular weight excluding hydrogens is 320 g/mol. The number of hydrogen-bond donors (Lipinski definition) is 2. The van der Waals surface area contributed by atoms with Crippen LogP contribution >= 0.6 is 0 Å². The zero-order chi connectivity index (χ0) is 16.9. The number of rotatable bonds is 8. The lowest BCUT2D eigenvalue weighted by molar-refractivity contribution is -0.139. The second-order valence-corrected chi connectivity index (χ2v) is 6.71. The van der Waals surface area contributed by atoms with Gasteiger partial charge in [-0.15, -0.1) is 5.10 Å². The molecule has 1 aromatic carbocycles. The van der Waals surface area contributed by atoms with E-state index in [1.54, 1.807) is 18.3 Å². The molecule has 0 amide bonds. The van der Waals surface area contributed by atoms with E-state index in [2.05, 4.69) is 15.0 Å². The van der Waals surface area contributed by atoms with Crippen LogP contribution in [0.1, 0.15) is 26.2 Å². The molecule has 0 spiro atoms. The maximum atomic E-state index is 12.3. The number of nitrogens with zero attached hydrogens (tertiary/aromatic N) is 3. The number of carboxylic acid groups (broad SMARTS) is 1. The van der Waals surface area contributed by atoms with Crippen molar-refractivity contribution < 1.29 is 18.3 Å². The Balaban J connectivity index is 2.16. The van der Waals surface area contributed by atoms with E-state index >= 15 is 0 Å². The summed E-state index contributed by atoms with van der Waals surface area (Å²) in [6.07, 6.45) is 4.81. The van der Waals surface area contributed by atoms with Gasteiger partial charge in [0.15, 0.2) is 0 Å². The molecule has 1 atom stereocenters. The second kappa shape index (κ2) is 7.34. The smallest absolute Gasteiger partial charge is 0.321 e. The van der Waals surface area contributed by atoms with Crippen molar-refractivity contribution in [3.63, 3.8) is 0 Å². The first-order chi connectivity index (χ1) is 10.9. The SMILES string of the molecule is CCCCC(NS(=O)(=O)c1ccc(-n2ccnn2)cc1)C(=O)O. The summed E-state index contributed by atoms with van der Waals surface area (Å²) in [5.41, 5.74) is 0.655. The molecular formula is C14H18N4O4S. The molecule has 2 aromatic rings. The second-order valence-electron chi connectivity index (χ2n) is 5.00. The first-order valence-electron chi connectivity index (χ1n) is 7.16. The van der Waals surface area contributed by atoms with E-state index in [9.17, 15) is 13.2 Å². The van der Waals surface area contributed by atoms with Crippen molar-refractivity contribution in [3.05, 3.63) is 36.7 Å². The van der Waals surface area contributed by atoms with Gasteiger partial charge in [-0.2, -0.15) is 4.72 Å². The Morgan fingerprint density at radius 3 is 2.57 bits per heavy atom. The predicted molar refractivity (Wildman–Crippen MR) is 82.6 cm³/mol. The van der Waals surface area contributed by atoms with Crippen LogP contribution in [0, 0.1) is 0 Å². The molecule has 0 saturated carbocycles. The average molecular weight is 338 g/mol. The Bertz CT molecular complexity index is 742. The van der Waals surface area contributed by atoms with E-state index < -0.39 is 22.0 Å². The van der Waals surface area contributed by atoms with Crippen LogP contribution in [0.25, 0.3) is 5.69 Å². The van der Waals surface area contributed by atoms with Gasteiger partial charge in [-0.25, -0.2) is 13.1 Å². The van der Waals surface area contributed by atoms with E-state index in [4.69, 9.17) is 5.11 Å². The molecule has 1 aromatic heterocycles. The molecule has 0 aliphatic carbocycles. The summed E-state index contributed by atoms with van der Waals surface area (Å²) in [5.74, 6) is -1.18. The van der Waals surface area contributed by atoms with Crippen LogP contribution in [-0.4, -0.2) is 40.5 Å². The number of sulfonamides is 1. The molecule has 0 fully saturated rings. The van der Waals surface area contributed by atoms with Gasteiger partial charge >= 0.3 is 5.97 Å². The Morgan fingerprint density at radius 1 is 1.35 bits per heavy atom. The maximum Gasteiger partial charge on any atom is 0.321 e. The standard InChI is InChI=1S/C14H18N4O4S/c1-2-3-4-13(14(19)20)16-23(21,22)12-7-5-11(6-8-12)18-10-9-15-17-18/h5-10,13,16H,2-4H2,1H3,(H,19,20). The molecule has 2 rings (SSSR count). The van der Waals surface area contributed by atoms with Crippen LogP contribution in [0.3, 0.4) is 0 Å². The highest BCUT2D eigenvalue weighted by atomic mass is 32.2.